The van der Waals surface area contributed by atoms with Gasteiger partial charge in [0.1, 0.15) is 11.9 Å². The third kappa shape index (κ3) is 9.50. The molecule has 0 radical (unpaired) electrons. The summed E-state index contributed by atoms with van der Waals surface area (Å²) in [6.45, 7) is 4.09. The number of para-hydroxylation sites is 4. The number of rotatable bonds is 8. The number of nitrogens with zero attached hydrogens (tertiary/aromatic N) is 14. The van der Waals surface area contributed by atoms with Crippen LogP contribution in [-0.2, 0) is 61.6 Å². The smallest absolute Gasteiger partial charge is 0.383 e. The van der Waals surface area contributed by atoms with Crippen LogP contribution in [0.2, 0.25) is 0 Å². The fourth-order valence-electron chi connectivity index (χ4n) is 10.8. The normalized spacial score (nSPS) is 20.4. The van der Waals surface area contributed by atoms with E-state index >= 15 is 0 Å². The number of hydrogen-bond acceptors (Lipinski definition) is 18. The minimum absolute atomic E-state index is 0. The number of aromatic amines is 4. The van der Waals surface area contributed by atoms with Gasteiger partial charge < -0.3 is 69.2 Å². The van der Waals surface area contributed by atoms with Crippen LogP contribution in [0, 0.1) is 21.3 Å². The van der Waals surface area contributed by atoms with E-state index in [0.29, 0.717) is 59.0 Å². The minimum Gasteiger partial charge on any atom is -0.383 e. The standard InChI is InChI=1S/2C29H23N12.CH3.2Zn/c2*1-17-11-12-21-22(15-17)35-25(34-21)37-27-39-28(18-7-6-13-30-16-18)29(41-27,23-10-4-5-14-31-23)40-26(38-28)36-24-32-19-8-2-3-9-20(19)33-24;;;/h2*2-16H,1H3,(H5-,32,33,34,35,36,37,38,39,40,41);1H3;;/q3*-1;;+2/t2*28-,29+;;;/m00.../s1. The van der Waals surface area contributed by atoms with Crippen LogP contribution in [0.4, 0.5) is 23.8 Å². The molecule has 4 aliphatic rings. The Morgan fingerprint density at radius 2 is 0.812 bits per heavy atom. The average molecular weight is 1220 g/mol. The number of guanidine groups is 4. The number of benzene rings is 4. The van der Waals surface area contributed by atoms with Crippen molar-refractivity contribution in [3.8, 4) is 0 Å². The van der Waals surface area contributed by atoms with Gasteiger partial charge in [-0.25, -0.2) is 29.9 Å². The predicted molar refractivity (Wildman–Crippen MR) is 321 cm³/mol. The molecule has 410 valence electrons. The number of aromatic nitrogens is 12. The fourth-order valence-corrected chi connectivity index (χ4v) is 10.8. The summed E-state index contributed by atoms with van der Waals surface area (Å²) in [4.78, 5) is 70.5. The van der Waals surface area contributed by atoms with Crippen molar-refractivity contribution in [1.82, 2.24) is 70.4 Å². The molecule has 0 fully saturated rings. The number of aliphatic imine (C=N–C) groups is 4. The van der Waals surface area contributed by atoms with Crippen molar-refractivity contribution in [3.63, 3.8) is 0 Å². The van der Waals surface area contributed by atoms with E-state index in [4.69, 9.17) is 40.6 Å². The van der Waals surface area contributed by atoms with Crippen LogP contribution in [0.5, 0.6) is 0 Å². The van der Waals surface area contributed by atoms with Gasteiger partial charge in [-0.3, -0.25) is 30.6 Å². The number of fused-ring (bicyclic) bond motifs is 6. The summed E-state index contributed by atoms with van der Waals surface area (Å²) < 4.78 is 0. The van der Waals surface area contributed by atoms with E-state index in [2.05, 4.69) is 81.7 Å². The molecule has 0 unspecified atom stereocenters. The van der Waals surface area contributed by atoms with Gasteiger partial charge in [-0.2, -0.15) is 0 Å². The third-order valence-corrected chi connectivity index (χ3v) is 14.4. The molecule has 10 N–H and O–H groups in total. The molecule has 4 aliphatic heterocycles. The van der Waals surface area contributed by atoms with E-state index in [1.165, 1.54) is 0 Å². The Morgan fingerprint density at radius 3 is 1.21 bits per heavy atom. The Hall–Kier alpha value is -10.3. The van der Waals surface area contributed by atoms with Crippen LogP contribution < -0.4 is 31.9 Å². The van der Waals surface area contributed by atoms with Gasteiger partial charge in [0, 0.05) is 79.7 Å². The molecule has 4 aromatic carbocycles. The molecular weight excluding hydrogens is 1180 g/mol. The molecule has 0 amide bonds. The van der Waals surface area contributed by atoms with Gasteiger partial charge in [0.05, 0.1) is 55.5 Å². The van der Waals surface area contributed by atoms with Crippen molar-refractivity contribution >= 4 is 91.8 Å². The first kappa shape index (κ1) is 55.2. The molecule has 26 heteroatoms. The summed E-state index contributed by atoms with van der Waals surface area (Å²) in [6.07, 6.45) is 10.4. The second-order valence-corrected chi connectivity index (χ2v) is 19.9. The number of imidazole rings is 4. The largest absolute Gasteiger partial charge is 2.00 e. The molecule has 16 rings (SSSR count). The van der Waals surface area contributed by atoms with Gasteiger partial charge in [0.15, 0.2) is 22.7 Å². The molecule has 24 nitrogen and oxygen atoms in total. The first-order valence-corrected chi connectivity index (χ1v) is 26.2. The molecule has 0 saturated heterocycles. The Kier molecular flexibility index (Phi) is 14.2. The first-order valence-electron chi connectivity index (χ1n) is 26.2. The number of anilines is 4. The van der Waals surface area contributed by atoms with Gasteiger partial charge in [-0.05, 0) is 110 Å². The number of pyridine rings is 4. The molecule has 4 atom stereocenters. The SMILES string of the molecule is Cc1ccc2nc(NC3=N[C@]4(c5cccnc5)[N-]C(Nc5nc6ccccc6[nH]5)=N[C@]4(c4ccccn4)N3)[nH]c2c1.Cc1ccc2nc(NC3=N[C@]4(c5cccnc5)[N-]C(Nc5nc6ccccc6[nH]5)=N[C@]4(c4ccccn4)N3)[nH]c2c1.[CH3-].[Zn+2].[Zn]. The molecular formula is C59H49N24Zn2-. The zero-order valence-electron chi connectivity index (χ0n) is 46.0. The van der Waals surface area contributed by atoms with Crippen molar-refractivity contribution in [3.05, 3.63) is 234 Å². The Balaban J connectivity index is 0.000000161. The van der Waals surface area contributed by atoms with Crippen molar-refractivity contribution < 1.29 is 39.0 Å². The second-order valence-electron chi connectivity index (χ2n) is 19.9. The molecule has 0 aliphatic carbocycles. The van der Waals surface area contributed by atoms with E-state index < -0.39 is 22.7 Å². The second kappa shape index (κ2) is 21.8. The molecule has 85 heavy (non-hydrogen) atoms. The quantitative estimate of drug-likeness (QED) is 0.0501. The van der Waals surface area contributed by atoms with Crippen molar-refractivity contribution in [1.29, 1.82) is 0 Å². The van der Waals surface area contributed by atoms with Gasteiger partial charge in [-0.15, -0.1) is 0 Å². The molecule has 12 aromatic rings. The van der Waals surface area contributed by atoms with Crippen LogP contribution in [0.3, 0.4) is 0 Å². The maximum atomic E-state index is 5.12. The van der Waals surface area contributed by atoms with Crippen molar-refractivity contribution in [2.45, 2.75) is 36.5 Å². The maximum Gasteiger partial charge on any atom is 2.00 e. The van der Waals surface area contributed by atoms with Crippen LogP contribution in [-0.4, -0.2) is 83.6 Å². The molecule has 0 bridgehead atoms. The van der Waals surface area contributed by atoms with Gasteiger partial charge in [0.25, 0.3) is 0 Å². The fraction of sp³-hybridized carbons (Fsp3) is 0.102. The summed E-state index contributed by atoms with van der Waals surface area (Å²) >= 11 is 0. The minimum atomic E-state index is -1.27. The van der Waals surface area contributed by atoms with E-state index in [1.807, 2.05) is 159 Å². The van der Waals surface area contributed by atoms with E-state index in [0.717, 1.165) is 66.4 Å². The summed E-state index contributed by atoms with van der Waals surface area (Å²) in [5.74, 6) is 3.67. The summed E-state index contributed by atoms with van der Waals surface area (Å²) in [7, 11) is 0. The van der Waals surface area contributed by atoms with Gasteiger partial charge in [-0.1, -0.05) is 60.7 Å². The number of H-pyrrole nitrogens is 4. The van der Waals surface area contributed by atoms with E-state index in [1.54, 1.807) is 37.2 Å². The topological polar surface area (TPSA) is 316 Å². The maximum absolute atomic E-state index is 5.12. The van der Waals surface area contributed by atoms with Gasteiger partial charge >= 0.3 is 19.5 Å². The molecule has 8 aromatic heterocycles. The Labute approximate surface area is 510 Å². The average Bonchev–Trinajstić information content (AvgIpc) is 1.57. The first-order chi connectivity index (χ1) is 40.2. The predicted octanol–water partition coefficient (Wildman–Crippen LogP) is 9.39. The summed E-state index contributed by atoms with van der Waals surface area (Å²) in [6, 6.07) is 46.7. The van der Waals surface area contributed by atoms with E-state index in [9.17, 15) is 0 Å². The summed E-state index contributed by atoms with van der Waals surface area (Å²) in [5, 5.41) is 30.3. The van der Waals surface area contributed by atoms with Crippen molar-refractivity contribution in [2.24, 2.45) is 20.0 Å². The van der Waals surface area contributed by atoms with Crippen LogP contribution in [0.25, 0.3) is 54.8 Å². The monoisotopic (exact) mass is 1220 g/mol. The van der Waals surface area contributed by atoms with Crippen molar-refractivity contribution in [2.75, 3.05) is 21.3 Å². The van der Waals surface area contributed by atoms with Crippen LogP contribution in [0.15, 0.2) is 203 Å². The molecule has 0 saturated carbocycles. The number of hydrogen-bond donors (Lipinski definition) is 10. The number of nitrogens with one attached hydrogen (secondary N) is 10. The van der Waals surface area contributed by atoms with Crippen LogP contribution in [0.1, 0.15) is 33.6 Å². The van der Waals surface area contributed by atoms with Crippen LogP contribution >= 0.6 is 0 Å². The van der Waals surface area contributed by atoms with Gasteiger partial charge in [0.2, 0.25) is 23.8 Å². The zero-order chi connectivity index (χ0) is 54.9. The third-order valence-electron chi connectivity index (χ3n) is 14.4. The summed E-state index contributed by atoms with van der Waals surface area (Å²) in [5.41, 5.74) is 7.04. The molecule has 12 heterocycles. The Bertz CT molecular complexity index is 4190. The molecule has 0 spiro atoms. The Morgan fingerprint density at radius 1 is 0.412 bits per heavy atom. The zero-order valence-corrected chi connectivity index (χ0v) is 51.9. The number of aryl methyl sites for hydroxylation is 2. The van der Waals surface area contributed by atoms with E-state index in [-0.39, 0.29) is 46.4 Å².